The highest BCUT2D eigenvalue weighted by atomic mass is 19.3. The third kappa shape index (κ3) is 2.87. The fraction of sp³-hybridized carbons (Fsp3) is 0.667. The van der Waals surface area contributed by atoms with Crippen LogP contribution in [0.15, 0.2) is 0 Å². The first-order valence-corrected chi connectivity index (χ1v) is 4.81. The molecule has 0 aliphatic rings. The highest BCUT2D eigenvalue weighted by Gasteiger charge is 2.42. The van der Waals surface area contributed by atoms with Gasteiger partial charge in [-0.25, -0.2) is 13.5 Å². The van der Waals surface area contributed by atoms with E-state index in [0.29, 0.717) is 11.3 Å². The molecule has 4 nitrogen and oxygen atoms in total. The van der Waals surface area contributed by atoms with Crippen molar-refractivity contribution in [1.29, 1.82) is 0 Å². The maximum Gasteiger partial charge on any atom is 0.340 e. The largest absolute Gasteiger partial charge is 0.471 e. The second-order valence-electron chi connectivity index (χ2n) is 3.55. The molecule has 1 aromatic heterocycles. The molecule has 98 valence electrons. The van der Waals surface area contributed by atoms with Crippen LogP contribution in [-0.4, -0.2) is 28.7 Å². The molecule has 0 fully saturated rings. The maximum atomic E-state index is 12.7. The van der Waals surface area contributed by atoms with E-state index in [0.717, 1.165) is 0 Å². The van der Waals surface area contributed by atoms with Crippen LogP contribution in [0.3, 0.4) is 0 Å². The predicted molar refractivity (Wildman–Crippen MR) is 52.3 cm³/mol. The Morgan fingerprint density at radius 3 is 2.53 bits per heavy atom. The third-order valence-corrected chi connectivity index (χ3v) is 2.21. The Labute approximate surface area is 95.3 Å². The smallest absolute Gasteiger partial charge is 0.340 e. The summed E-state index contributed by atoms with van der Waals surface area (Å²) in [5, 5.41) is 3.91. The Bertz CT molecular complexity index is 392. The molecule has 0 amide bonds. The Kier molecular flexibility index (Phi) is 3.97. The molecule has 0 bridgehead atoms. The summed E-state index contributed by atoms with van der Waals surface area (Å²) >= 11 is 0. The zero-order valence-corrected chi connectivity index (χ0v) is 9.38. The first-order valence-electron chi connectivity index (χ1n) is 4.81. The molecular weight excluding hydrogens is 242 g/mol. The van der Waals surface area contributed by atoms with E-state index < -0.39 is 19.0 Å². The van der Waals surface area contributed by atoms with Crippen LogP contribution in [0.25, 0.3) is 0 Å². The van der Waals surface area contributed by atoms with E-state index in [2.05, 4.69) is 5.10 Å². The third-order valence-electron chi connectivity index (χ3n) is 2.21. The van der Waals surface area contributed by atoms with Gasteiger partial charge in [0.05, 0.1) is 11.3 Å². The van der Waals surface area contributed by atoms with E-state index in [9.17, 15) is 17.6 Å². The number of rotatable bonds is 5. The van der Waals surface area contributed by atoms with Crippen molar-refractivity contribution in [3.8, 4) is 5.88 Å². The van der Waals surface area contributed by atoms with Gasteiger partial charge in [-0.1, -0.05) is 0 Å². The summed E-state index contributed by atoms with van der Waals surface area (Å²) in [6.07, 6.45) is -3.77. The molecule has 1 rings (SSSR count). The fourth-order valence-corrected chi connectivity index (χ4v) is 1.32. The van der Waals surface area contributed by atoms with Crippen molar-refractivity contribution in [2.24, 2.45) is 12.8 Å². The summed E-state index contributed by atoms with van der Waals surface area (Å²) < 4.78 is 55.1. The van der Waals surface area contributed by atoms with E-state index in [4.69, 9.17) is 10.5 Å². The van der Waals surface area contributed by atoms with Crippen molar-refractivity contribution in [1.82, 2.24) is 9.78 Å². The van der Waals surface area contributed by atoms with Crippen molar-refractivity contribution >= 4 is 0 Å². The maximum absolute atomic E-state index is 12.7. The minimum Gasteiger partial charge on any atom is -0.471 e. The van der Waals surface area contributed by atoms with Gasteiger partial charge in [0.1, 0.15) is 0 Å². The summed E-state index contributed by atoms with van der Waals surface area (Å²) in [5.41, 5.74) is 6.34. The molecule has 2 N–H and O–H groups in total. The molecule has 17 heavy (non-hydrogen) atoms. The van der Waals surface area contributed by atoms with Gasteiger partial charge < -0.3 is 10.5 Å². The van der Waals surface area contributed by atoms with Gasteiger partial charge in [0.25, 0.3) is 0 Å². The van der Waals surface area contributed by atoms with Crippen LogP contribution < -0.4 is 10.5 Å². The van der Waals surface area contributed by atoms with E-state index in [-0.39, 0.29) is 12.4 Å². The molecular formula is C9H13F4N3O. The Morgan fingerprint density at radius 1 is 1.47 bits per heavy atom. The molecule has 0 saturated heterocycles. The lowest BCUT2D eigenvalue weighted by Gasteiger charge is -2.16. The molecule has 1 heterocycles. The van der Waals surface area contributed by atoms with Crippen LogP contribution in [-0.2, 0) is 13.6 Å². The molecule has 0 aromatic carbocycles. The van der Waals surface area contributed by atoms with Crippen LogP contribution in [0.4, 0.5) is 17.6 Å². The number of aryl methyl sites for hydroxylation is 2. The van der Waals surface area contributed by atoms with Gasteiger partial charge in [0.2, 0.25) is 5.88 Å². The topological polar surface area (TPSA) is 53.1 Å². The average Bonchev–Trinajstić information content (AvgIpc) is 2.49. The van der Waals surface area contributed by atoms with Gasteiger partial charge >= 0.3 is 12.3 Å². The monoisotopic (exact) mass is 255 g/mol. The van der Waals surface area contributed by atoms with Crippen LogP contribution in [0.2, 0.25) is 0 Å². The molecule has 0 aliphatic carbocycles. The molecule has 0 aliphatic heterocycles. The Hall–Kier alpha value is -1.31. The van der Waals surface area contributed by atoms with Crippen molar-refractivity contribution in [2.75, 3.05) is 6.61 Å². The van der Waals surface area contributed by atoms with Crippen LogP contribution in [0, 0.1) is 6.92 Å². The number of nitrogens with zero attached hydrogens (tertiary/aromatic N) is 2. The zero-order chi connectivity index (χ0) is 13.2. The van der Waals surface area contributed by atoms with Crippen LogP contribution in [0.1, 0.15) is 11.3 Å². The standard InChI is InChI=1S/C9H13F4N3O/c1-5-6(3-14)7(16(2)15-5)17-4-9(12,13)8(10)11/h8H,3-4,14H2,1-2H3. The number of ether oxygens (including phenoxy) is 1. The van der Waals surface area contributed by atoms with Gasteiger partial charge in [-0.3, -0.25) is 0 Å². The van der Waals surface area contributed by atoms with Crippen molar-refractivity contribution in [2.45, 2.75) is 25.8 Å². The fourth-order valence-electron chi connectivity index (χ4n) is 1.32. The van der Waals surface area contributed by atoms with Crippen molar-refractivity contribution in [3.63, 3.8) is 0 Å². The second kappa shape index (κ2) is 4.91. The lowest BCUT2D eigenvalue weighted by atomic mass is 10.2. The number of alkyl halides is 4. The van der Waals surface area contributed by atoms with Crippen LogP contribution >= 0.6 is 0 Å². The van der Waals surface area contributed by atoms with Gasteiger partial charge in [0.15, 0.2) is 6.61 Å². The van der Waals surface area contributed by atoms with Gasteiger partial charge in [-0.05, 0) is 6.92 Å². The number of halogens is 4. The summed E-state index contributed by atoms with van der Waals surface area (Å²) in [7, 11) is 1.46. The predicted octanol–water partition coefficient (Wildman–Crippen LogP) is 1.47. The van der Waals surface area contributed by atoms with Crippen LogP contribution in [0.5, 0.6) is 5.88 Å². The molecule has 1 aromatic rings. The molecule has 0 saturated carbocycles. The first-order chi connectivity index (χ1) is 7.79. The summed E-state index contributed by atoms with van der Waals surface area (Å²) in [6.45, 7) is 0.256. The summed E-state index contributed by atoms with van der Waals surface area (Å²) in [6, 6.07) is 0. The minimum absolute atomic E-state index is 0.00896. The molecule has 0 atom stereocenters. The minimum atomic E-state index is -4.19. The molecule has 8 heteroatoms. The quantitative estimate of drug-likeness (QED) is 0.810. The number of hydrogen-bond donors (Lipinski definition) is 1. The highest BCUT2D eigenvalue weighted by molar-refractivity contribution is 5.30. The highest BCUT2D eigenvalue weighted by Crippen LogP contribution is 2.26. The molecule has 0 spiro atoms. The van der Waals surface area contributed by atoms with Crippen molar-refractivity contribution in [3.05, 3.63) is 11.3 Å². The lowest BCUT2D eigenvalue weighted by Crippen LogP contribution is -2.34. The lowest BCUT2D eigenvalue weighted by molar-refractivity contribution is -0.149. The van der Waals surface area contributed by atoms with E-state index in [1.165, 1.54) is 11.7 Å². The number of nitrogens with two attached hydrogens (primary N) is 1. The zero-order valence-electron chi connectivity index (χ0n) is 9.38. The SMILES string of the molecule is Cc1nn(C)c(OCC(F)(F)C(F)F)c1CN. The van der Waals surface area contributed by atoms with E-state index in [1.54, 1.807) is 6.92 Å². The van der Waals surface area contributed by atoms with Gasteiger partial charge in [-0.15, -0.1) is 0 Å². The Balaban J connectivity index is 2.82. The molecule has 0 radical (unpaired) electrons. The van der Waals surface area contributed by atoms with Crippen molar-refractivity contribution < 1.29 is 22.3 Å². The number of aromatic nitrogens is 2. The number of hydrogen-bond acceptors (Lipinski definition) is 3. The molecule has 0 unspecified atom stereocenters. The normalized spacial score (nSPS) is 12.2. The van der Waals surface area contributed by atoms with E-state index in [1.807, 2.05) is 0 Å². The summed E-state index contributed by atoms with van der Waals surface area (Å²) in [5.74, 6) is -4.20. The Morgan fingerprint density at radius 2 is 2.06 bits per heavy atom. The summed E-state index contributed by atoms with van der Waals surface area (Å²) in [4.78, 5) is 0. The van der Waals surface area contributed by atoms with E-state index >= 15 is 0 Å². The van der Waals surface area contributed by atoms with Gasteiger partial charge in [0, 0.05) is 13.6 Å². The first kappa shape index (κ1) is 13.8. The van der Waals surface area contributed by atoms with Gasteiger partial charge in [-0.2, -0.15) is 13.9 Å². The average molecular weight is 255 g/mol. The second-order valence-corrected chi connectivity index (χ2v) is 3.55.